The Hall–Kier alpha value is -2.83. The van der Waals surface area contributed by atoms with Crippen LogP contribution >= 0.6 is 0 Å². The smallest absolute Gasteiger partial charge is 0.290 e. The molecule has 1 aromatic carbocycles. The molecule has 1 atom stereocenters. The van der Waals surface area contributed by atoms with E-state index < -0.39 is 0 Å². The predicted octanol–water partition coefficient (Wildman–Crippen LogP) is 2.16. The second-order valence-corrected chi connectivity index (χ2v) is 7.90. The van der Waals surface area contributed by atoms with E-state index in [1.807, 2.05) is 34.1 Å². The van der Waals surface area contributed by atoms with Crippen molar-refractivity contribution in [3.63, 3.8) is 0 Å². The first-order valence-corrected chi connectivity index (χ1v) is 9.71. The minimum absolute atomic E-state index is 0.0569. The van der Waals surface area contributed by atoms with Crippen LogP contribution in [-0.2, 0) is 9.59 Å². The summed E-state index contributed by atoms with van der Waals surface area (Å²) in [5.41, 5.74) is 0.318. The molecule has 0 radical (unpaired) electrons. The number of hydrogen-bond acceptors (Lipinski definition) is 4. The minimum Gasteiger partial charge on any atom is -0.451 e. The molecular weight excluding hydrogens is 358 g/mol. The quantitative estimate of drug-likeness (QED) is 0.862. The van der Waals surface area contributed by atoms with Crippen LogP contribution in [0, 0.1) is 0 Å². The largest absolute Gasteiger partial charge is 0.451 e. The van der Waals surface area contributed by atoms with Crippen LogP contribution in [0.25, 0.3) is 11.0 Å². The van der Waals surface area contributed by atoms with Crippen LogP contribution in [0.2, 0.25) is 0 Å². The molecular formula is C21H25N3O4. The van der Waals surface area contributed by atoms with E-state index >= 15 is 0 Å². The Morgan fingerprint density at radius 2 is 1.86 bits per heavy atom. The van der Waals surface area contributed by atoms with Crippen LogP contribution in [0.4, 0.5) is 0 Å². The highest BCUT2D eigenvalue weighted by molar-refractivity contribution is 5.96. The zero-order chi connectivity index (χ0) is 19.9. The Bertz CT molecular complexity index is 894. The summed E-state index contributed by atoms with van der Waals surface area (Å²) in [7, 11) is 0. The van der Waals surface area contributed by atoms with E-state index in [9.17, 15) is 14.4 Å². The SMILES string of the molecule is CC(=O)N[C@@H]1CN(C(=O)c2cc3ccccc3o2)C2(CCN(C(C)=O)CC2)C1. The molecule has 3 heterocycles. The fourth-order valence-corrected chi connectivity index (χ4v) is 4.66. The van der Waals surface area contributed by atoms with Crippen molar-refractivity contribution in [2.45, 2.75) is 44.7 Å². The van der Waals surface area contributed by atoms with Gasteiger partial charge in [0.05, 0.1) is 0 Å². The number of furan rings is 1. The predicted molar refractivity (Wildman–Crippen MR) is 104 cm³/mol. The number of piperidine rings is 1. The fraction of sp³-hybridized carbons (Fsp3) is 0.476. The molecule has 2 saturated heterocycles. The molecule has 0 bridgehead atoms. The monoisotopic (exact) mass is 383 g/mol. The molecule has 4 rings (SSSR count). The number of nitrogens with zero attached hydrogens (tertiary/aromatic N) is 2. The first-order valence-electron chi connectivity index (χ1n) is 9.71. The van der Waals surface area contributed by atoms with Gasteiger partial charge in [-0.15, -0.1) is 0 Å². The summed E-state index contributed by atoms with van der Waals surface area (Å²) in [4.78, 5) is 40.4. The second kappa shape index (κ2) is 6.96. The zero-order valence-corrected chi connectivity index (χ0v) is 16.2. The van der Waals surface area contributed by atoms with Crippen molar-refractivity contribution in [3.8, 4) is 0 Å². The fourth-order valence-electron chi connectivity index (χ4n) is 4.66. The lowest BCUT2D eigenvalue weighted by Gasteiger charge is -2.44. The van der Waals surface area contributed by atoms with Crippen molar-refractivity contribution in [1.29, 1.82) is 0 Å². The maximum absolute atomic E-state index is 13.4. The van der Waals surface area contributed by atoms with Gasteiger partial charge < -0.3 is 19.5 Å². The van der Waals surface area contributed by atoms with Crippen molar-refractivity contribution >= 4 is 28.7 Å². The van der Waals surface area contributed by atoms with Crippen molar-refractivity contribution in [3.05, 3.63) is 36.1 Å². The Morgan fingerprint density at radius 1 is 1.14 bits per heavy atom. The highest BCUT2D eigenvalue weighted by atomic mass is 16.3. The third kappa shape index (κ3) is 3.25. The van der Waals surface area contributed by atoms with Crippen LogP contribution in [0.1, 0.15) is 43.7 Å². The number of benzene rings is 1. The lowest BCUT2D eigenvalue weighted by molar-refractivity contribution is -0.131. The highest BCUT2D eigenvalue weighted by Gasteiger charge is 2.50. The summed E-state index contributed by atoms with van der Waals surface area (Å²) >= 11 is 0. The van der Waals surface area contributed by atoms with Crippen LogP contribution in [0.3, 0.4) is 0 Å². The number of nitrogens with one attached hydrogen (secondary N) is 1. The first kappa shape index (κ1) is 18.5. The average Bonchev–Trinajstić information content (AvgIpc) is 3.23. The second-order valence-electron chi connectivity index (χ2n) is 7.90. The van der Waals surface area contributed by atoms with Gasteiger partial charge in [0, 0.05) is 50.4 Å². The van der Waals surface area contributed by atoms with Crippen LogP contribution < -0.4 is 5.32 Å². The summed E-state index contributed by atoms with van der Waals surface area (Å²) in [5, 5.41) is 3.86. The molecule has 148 valence electrons. The van der Waals surface area contributed by atoms with E-state index in [-0.39, 0.29) is 29.3 Å². The number of para-hydroxylation sites is 1. The molecule has 7 nitrogen and oxygen atoms in total. The number of carbonyl (C=O) groups is 3. The van der Waals surface area contributed by atoms with Gasteiger partial charge in [0.15, 0.2) is 5.76 Å². The maximum Gasteiger partial charge on any atom is 0.290 e. The minimum atomic E-state index is -0.366. The van der Waals surface area contributed by atoms with E-state index in [2.05, 4.69) is 5.32 Å². The molecule has 2 aromatic rings. The van der Waals surface area contributed by atoms with Gasteiger partial charge in [0.2, 0.25) is 11.8 Å². The van der Waals surface area contributed by atoms with E-state index in [1.54, 1.807) is 13.0 Å². The third-order valence-corrected chi connectivity index (χ3v) is 6.03. The summed E-state index contributed by atoms with van der Waals surface area (Å²) in [6.45, 7) is 4.76. The Kier molecular flexibility index (Phi) is 4.61. The summed E-state index contributed by atoms with van der Waals surface area (Å²) in [6, 6.07) is 9.24. The third-order valence-electron chi connectivity index (χ3n) is 6.03. The highest BCUT2D eigenvalue weighted by Crippen LogP contribution is 2.40. The Balaban J connectivity index is 1.62. The van der Waals surface area contributed by atoms with Gasteiger partial charge in [-0.3, -0.25) is 14.4 Å². The number of carbonyl (C=O) groups excluding carboxylic acids is 3. The molecule has 1 spiro atoms. The topological polar surface area (TPSA) is 82.9 Å². The zero-order valence-electron chi connectivity index (χ0n) is 16.2. The molecule has 2 fully saturated rings. The van der Waals surface area contributed by atoms with Crippen LogP contribution in [0.15, 0.2) is 34.7 Å². The first-order chi connectivity index (χ1) is 13.4. The number of rotatable bonds is 2. The van der Waals surface area contributed by atoms with Gasteiger partial charge >= 0.3 is 0 Å². The van der Waals surface area contributed by atoms with E-state index in [0.29, 0.717) is 50.2 Å². The molecule has 2 aliphatic heterocycles. The molecule has 2 aliphatic rings. The van der Waals surface area contributed by atoms with Gasteiger partial charge in [-0.2, -0.15) is 0 Å². The molecule has 0 aliphatic carbocycles. The average molecular weight is 383 g/mol. The number of fused-ring (bicyclic) bond motifs is 1. The van der Waals surface area contributed by atoms with Crippen molar-refractivity contribution in [2.24, 2.45) is 0 Å². The molecule has 1 aromatic heterocycles. The summed E-state index contributed by atoms with van der Waals surface area (Å²) < 4.78 is 5.81. The van der Waals surface area contributed by atoms with Gasteiger partial charge in [0.1, 0.15) is 5.58 Å². The maximum atomic E-state index is 13.4. The van der Waals surface area contributed by atoms with Crippen molar-refractivity contribution in [2.75, 3.05) is 19.6 Å². The molecule has 7 heteroatoms. The lowest BCUT2D eigenvalue weighted by atomic mass is 9.84. The van der Waals surface area contributed by atoms with Crippen molar-refractivity contribution < 1.29 is 18.8 Å². The van der Waals surface area contributed by atoms with E-state index in [4.69, 9.17) is 4.42 Å². The number of hydrogen-bond donors (Lipinski definition) is 1. The van der Waals surface area contributed by atoms with Gasteiger partial charge in [-0.25, -0.2) is 0 Å². The summed E-state index contributed by atoms with van der Waals surface area (Å²) in [6.07, 6.45) is 2.10. The number of likely N-dealkylation sites (tertiary alicyclic amines) is 2. The normalized spacial score (nSPS) is 21.3. The standard InChI is InChI=1S/C21H25N3O4/c1-14(25)22-17-12-21(7-9-23(10-8-21)15(2)26)24(13-17)20(27)19-11-16-5-3-4-6-18(16)28-19/h3-6,11,17H,7-10,12-13H2,1-2H3,(H,22,25)/t17-/m0/s1. The Morgan fingerprint density at radius 3 is 2.50 bits per heavy atom. The molecule has 0 saturated carbocycles. The number of amides is 3. The van der Waals surface area contributed by atoms with Gasteiger partial charge in [0.25, 0.3) is 5.91 Å². The van der Waals surface area contributed by atoms with Gasteiger partial charge in [-0.1, -0.05) is 18.2 Å². The molecule has 1 N–H and O–H groups in total. The van der Waals surface area contributed by atoms with Crippen molar-refractivity contribution in [1.82, 2.24) is 15.1 Å². The van der Waals surface area contributed by atoms with Crippen LogP contribution in [-0.4, -0.2) is 58.7 Å². The van der Waals surface area contributed by atoms with Crippen LogP contribution in [0.5, 0.6) is 0 Å². The lowest BCUT2D eigenvalue weighted by Crippen LogP contribution is -2.54. The van der Waals surface area contributed by atoms with Gasteiger partial charge in [-0.05, 0) is 31.4 Å². The molecule has 3 amide bonds. The Labute approximate surface area is 163 Å². The molecule has 0 unspecified atom stereocenters. The van der Waals surface area contributed by atoms with E-state index in [1.165, 1.54) is 6.92 Å². The van der Waals surface area contributed by atoms with E-state index in [0.717, 1.165) is 5.39 Å². The summed E-state index contributed by atoms with van der Waals surface area (Å²) in [5.74, 6) is 0.124. The molecule has 28 heavy (non-hydrogen) atoms.